The van der Waals surface area contributed by atoms with Crippen molar-refractivity contribution < 1.29 is 0 Å². The normalized spacial score (nSPS) is 13.1. The second kappa shape index (κ2) is 8.63. The Morgan fingerprint density at radius 2 is 0.929 bits per heavy atom. The first kappa shape index (κ1) is 18.8. The lowest BCUT2D eigenvalue weighted by atomic mass is 10.0. The largest absolute Gasteiger partial charge is 0.375 e. The van der Waals surface area contributed by atoms with Gasteiger partial charge in [0.25, 0.3) is 0 Å². The molecule has 2 aromatic heterocycles. The predicted molar refractivity (Wildman–Crippen MR) is 124 cm³/mol. The van der Waals surface area contributed by atoms with Crippen LogP contribution in [0.1, 0.15) is 31.6 Å². The van der Waals surface area contributed by atoms with Gasteiger partial charge in [-0.3, -0.25) is 0 Å². The Labute approximate surface area is 174 Å². The first-order valence-electron chi connectivity index (χ1n) is 9.45. The monoisotopic (exact) mass is 404 g/mol. The van der Waals surface area contributed by atoms with Gasteiger partial charge in [0.2, 0.25) is 0 Å². The van der Waals surface area contributed by atoms with E-state index in [-0.39, 0.29) is 12.1 Å². The minimum atomic E-state index is 0.124. The number of rotatable bonds is 7. The average Bonchev–Trinajstić information content (AvgIpc) is 3.34. The van der Waals surface area contributed by atoms with Crippen molar-refractivity contribution in [3.8, 4) is 0 Å². The molecule has 28 heavy (non-hydrogen) atoms. The lowest BCUT2D eigenvalue weighted by molar-refractivity contribution is 0.670. The third-order valence-corrected chi connectivity index (χ3v) is 6.83. The summed E-state index contributed by atoms with van der Waals surface area (Å²) in [6.45, 7) is 4.34. The molecule has 0 aliphatic carbocycles. The zero-order valence-corrected chi connectivity index (χ0v) is 17.7. The highest BCUT2D eigenvalue weighted by Crippen LogP contribution is 2.40. The van der Waals surface area contributed by atoms with Gasteiger partial charge >= 0.3 is 0 Å². The summed E-state index contributed by atoms with van der Waals surface area (Å²) in [5.41, 5.74) is 2.26. The van der Waals surface area contributed by atoms with E-state index in [1.807, 2.05) is 22.7 Å². The van der Waals surface area contributed by atoms with E-state index in [1.165, 1.54) is 19.5 Å². The highest BCUT2D eigenvalue weighted by atomic mass is 32.1. The highest BCUT2D eigenvalue weighted by molar-refractivity contribution is 7.12. The quantitative estimate of drug-likeness (QED) is 0.334. The SMILES string of the molecule is Cc1ccc(C(Nc2ccccc2)C(Nc2ccccc2)c2ccc(C)s2)s1. The second-order valence-corrected chi connectivity index (χ2v) is 9.51. The zero-order valence-electron chi connectivity index (χ0n) is 16.1. The van der Waals surface area contributed by atoms with Crippen LogP contribution in [0.4, 0.5) is 11.4 Å². The van der Waals surface area contributed by atoms with Crippen molar-refractivity contribution in [2.75, 3.05) is 10.6 Å². The van der Waals surface area contributed by atoms with Gasteiger partial charge in [0.15, 0.2) is 0 Å². The second-order valence-electron chi connectivity index (χ2n) is 6.87. The maximum Gasteiger partial charge on any atom is 0.0858 e. The van der Waals surface area contributed by atoms with Gasteiger partial charge in [0, 0.05) is 30.9 Å². The molecular formula is C24H24N2S2. The number of hydrogen-bond donors (Lipinski definition) is 2. The number of thiophene rings is 2. The molecule has 0 saturated heterocycles. The third-order valence-electron chi connectivity index (χ3n) is 4.66. The van der Waals surface area contributed by atoms with Crippen LogP contribution in [0.3, 0.4) is 0 Å². The van der Waals surface area contributed by atoms with Gasteiger partial charge in [-0.1, -0.05) is 36.4 Å². The molecule has 2 nitrogen and oxygen atoms in total. The van der Waals surface area contributed by atoms with E-state index in [1.54, 1.807) is 0 Å². The molecule has 0 radical (unpaired) electrons. The Morgan fingerprint density at radius 1 is 0.536 bits per heavy atom. The van der Waals surface area contributed by atoms with Crippen LogP contribution in [-0.4, -0.2) is 0 Å². The topological polar surface area (TPSA) is 24.1 Å². The standard InChI is InChI=1S/C24H24N2S2/c1-17-13-15-21(27-17)23(25-19-9-5-3-6-10-19)24(22-16-14-18(2)28-22)26-20-11-7-4-8-12-20/h3-16,23-26H,1-2H3. The minimum absolute atomic E-state index is 0.124. The van der Waals surface area contributed by atoms with Crippen LogP contribution in [0, 0.1) is 13.8 Å². The van der Waals surface area contributed by atoms with Crippen molar-refractivity contribution in [2.45, 2.75) is 25.9 Å². The maximum absolute atomic E-state index is 3.79. The van der Waals surface area contributed by atoms with E-state index in [2.05, 4.69) is 109 Å². The molecule has 0 aliphatic heterocycles. The van der Waals surface area contributed by atoms with Crippen LogP contribution in [0.5, 0.6) is 0 Å². The van der Waals surface area contributed by atoms with E-state index in [4.69, 9.17) is 0 Å². The lowest BCUT2D eigenvalue weighted by Gasteiger charge is -2.29. The van der Waals surface area contributed by atoms with Crippen molar-refractivity contribution in [1.29, 1.82) is 0 Å². The van der Waals surface area contributed by atoms with Crippen LogP contribution in [0.25, 0.3) is 0 Å². The molecule has 4 rings (SSSR count). The number of aryl methyl sites for hydroxylation is 2. The highest BCUT2D eigenvalue weighted by Gasteiger charge is 2.27. The Morgan fingerprint density at radius 3 is 1.25 bits per heavy atom. The number of benzene rings is 2. The van der Waals surface area contributed by atoms with Gasteiger partial charge in [0.05, 0.1) is 12.1 Å². The molecule has 0 saturated carbocycles. The molecule has 2 heterocycles. The summed E-state index contributed by atoms with van der Waals surface area (Å²) in [4.78, 5) is 5.33. The van der Waals surface area contributed by atoms with Gasteiger partial charge in [-0.15, -0.1) is 22.7 Å². The number of anilines is 2. The molecule has 0 amide bonds. The fraction of sp³-hybridized carbons (Fsp3) is 0.167. The fourth-order valence-corrected chi connectivity index (χ4v) is 5.24. The summed E-state index contributed by atoms with van der Waals surface area (Å²) < 4.78 is 0. The molecule has 0 bridgehead atoms. The summed E-state index contributed by atoms with van der Waals surface area (Å²) in [7, 11) is 0. The summed E-state index contributed by atoms with van der Waals surface area (Å²) in [5, 5.41) is 7.58. The van der Waals surface area contributed by atoms with E-state index in [0.29, 0.717) is 0 Å². The first-order chi connectivity index (χ1) is 13.7. The van der Waals surface area contributed by atoms with Crippen molar-refractivity contribution in [2.24, 2.45) is 0 Å². The van der Waals surface area contributed by atoms with Crippen LogP contribution in [0.2, 0.25) is 0 Å². The minimum Gasteiger partial charge on any atom is -0.375 e. The van der Waals surface area contributed by atoms with Crippen molar-refractivity contribution in [3.63, 3.8) is 0 Å². The molecule has 0 fully saturated rings. The van der Waals surface area contributed by atoms with Gasteiger partial charge < -0.3 is 10.6 Å². The van der Waals surface area contributed by atoms with Gasteiger partial charge in [-0.05, 0) is 62.4 Å². The summed E-state index contributed by atoms with van der Waals surface area (Å²) in [5.74, 6) is 0. The van der Waals surface area contributed by atoms with Crippen molar-refractivity contribution in [3.05, 3.63) is 104 Å². The fourth-order valence-electron chi connectivity index (χ4n) is 3.31. The van der Waals surface area contributed by atoms with E-state index in [9.17, 15) is 0 Å². The molecule has 4 heteroatoms. The number of hydrogen-bond acceptors (Lipinski definition) is 4. The summed E-state index contributed by atoms with van der Waals surface area (Å²) in [6.07, 6.45) is 0. The van der Waals surface area contributed by atoms with E-state index < -0.39 is 0 Å². The molecule has 2 aromatic carbocycles. The number of para-hydroxylation sites is 2. The van der Waals surface area contributed by atoms with Gasteiger partial charge in [-0.25, -0.2) is 0 Å². The van der Waals surface area contributed by atoms with E-state index in [0.717, 1.165) is 11.4 Å². The molecule has 2 unspecified atom stereocenters. The van der Waals surface area contributed by atoms with Crippen LogP contribution >= 0.6 is 22.7 Å². The average molecular weight is 405 g/mol. The van der Waals surface area contributed by atoms with Crippen LogP contribution in [-0.2, 0) is 0 Å². The molecule has 0 spiro atoms. The molecule has 4 aromatic rings. The summed E-state index contributed by atoms with van der Waals surface area (Å²) in [6, 6.07) is 30.1. The number of nitrogens with one attached hydrogen (secondary N) is 2. The molecule has 2 atom stereocenters. The van der Waals surface area contributed by atoms with Gasteiger partial charge in [0.1, 0.15) is 0 Å². The smallest absolute Gasteiger partial charge is 0.0858 e. The Hall–Kier alpha value is -2.56. The van der Waals surface area contributed by atoms with Crippen LogP contribution < -0.4 is 10.6 Å². The molecule has 2 N–H and O–H groups in total. The van der Waals surface area contributed by atoms with E-state index >= 15 is 0 Å². The Balaban J connectivity index is 1.75. The van der Waals surface area contributed by atoms with Gasteiger partial charge in [-0.2, -0.15) is 0 Å². The zero-order chi connectivity index (χ0) is 19.3. The van der Waals surface area contributed by atoms with Crippen LogP contribution in [0.15, 0.2) is 84.9 Å². The molecule has 142 valence electrons. The maximum atomic E-state index is 3.79. The molecular weight excluding hydrogens is 380 g/mol. The first-order valence-corrected chi connectivity index (χ1v) is 11.1. The Bertz CT molecular complexity index is 922. The molecule has 0 aliphatic rings. The lowest BCUT2D eigenvalue weighted by Crippen LogP contribution is -2.24. The van der Waals surface area contributed by atoms with Crippen molar-refractivity contribution >= 4 is 34.0 Å². The van der Waals surface area contributed by atoms with Crippen molar-refractivity contribution in [1.82, 2.24) is 0 Å². The summed E-state index contributed by atoms with van der Waals surface area (Å²) >= 11 is 3.72. The Kier molecular flexibility index (Phi) is 5.79. The predicted octanol–water partition coefficient (Wildman–Crippen LogP) is 7.43. The third kappa shape index (κ3) is 4.46.